The summed E-state index contributed by atoms with van der Waals surface area (Å²) in [6.45, 7) is 7.03. The number of nitrogens with zero attached hydrogens (tertiary/aromatic N) is 4. The first-order valence-electron chi connectivity index (χ1n) is 13.3. The van der Waals surface area contributed by atoms with Crippen LogP contribution in [0.25, 0.3) is 11.5 Å². The molecule has 208 valence electrons. The number of hydrogen-bond acceptors (Lipinski definition) is 5. The zero-order valence-corrected chi connectivity index (χ0v) is 21.8. The minimum Gasteiger partial charge on any atom is -0.413 e. The number of hydrogen-bond donors (Lipinski definition) is 0. The maximum atomic E-state index is 15.3. The molecule has 11 heteroatoms. The van der Waals surface area contributed by atoms with Gasteiger partial charge in [0.1, 0.15) is 5.82 Å². The van der Waals surface area contributed by atoms with E-state index in [-0.39, 0.29) is 29.1 Å². The van der Waals surface area contributed by atoms with E-state index in [0.29, 0.717) is 44.7 Å². The van der Waals surface area contributed by atoms with Crippen molar-refractivity contribution in [1.29, 1.82) is 0 Å². The summed E-state index contributed by atoms with van der Waals surface area (Å²) in [5.74, 6) is -0.523. The van der Waals surface area contributed by atoms with Gasteiger partial charge in [-0.25, -0.2) is 9.18 Å². The largest absolute Gasteiger partial charge is 0.470 e. The number of benzene rings is 1. The van der Waals surface area contributed by atoms with E-state index in [1.807, 2.05) is 0 Å². The maximum absolute atomic E-state index is 15.3. The first-order valence-corrected chi connectivity index (χ1v) is 13.3. The van der Waals surface area contributed by atoms with Crippen molar-refractivity contribution in [2.75, 3.05) is 32.8 Å². The molecule has 0 N–H and O–H groups in total. The van der Waals surface area contributed by atoms with E-state index < -0.39 is 23.8 Å². The monoisotopic (exact) mass is 538 g/mol. The molecular weight excluding hydrogens is 504 g/mol. The predicted molar refractivity (Wildman–Crippen MR) is 130 cm³/mol. The highest BCUT2D eigenvalue weighted by Gasteiger charge is 2.43. The number of alkyl halides is 3. The summed E-state index contributed by atoms with van der Waals surface area (Å²) in [5, 5.41) is 6.41. The van der Waals surface area contributed by atoms with E-state index in [0.717, 1.165) is 24.8 Å². The molecule has 2 amide bonds. The maximum Gasteiger partial charge on any atom is 0.470 e. The molecule has 38 heavy (non-hydrogen) atoms. The average Bonchev–Trinajstić information content (AvgIpc) is 3.35. The fraction of sp³-hybridized carbons (Fsp3) is 0.667. The number of amides is 2. The van der Waals surface area contributed by atoms with Crippen LogP contribution in [0.15, 0.2) is 22.6 Å². The Bertz CT molecular complexity index is 1130. The van der Waals surface area contributed by atoms with Gasteiger partial charge < -0.3 is 19.0 Å². The lowest BCUT2D eigenvalue weighted by Gasteiger charge is -2.49. The summed E-state index contributed by atoms with van der Waals surface area (Å²) in [6, 6.07) is 3.85. The van der Waals surface area contributed by atoms with E-state index >= 15 is 4.39 Å². The molecule has 2 saturated carbocycles. The van der Waals surface area contributed by atoms with Gasteiger partial charge in [0.25, 0.3) is 0 Å². The Labute approximate surface area is 219 Å². The van der Waals surface area contributed by atoms with Crippen LogP contribution in [0.2, 0.25) is 0 Å². The Balaban J connectivity index is 1.36. The smallest absolute Gasteiger partial charge is 0.413 e. The molecule has 0 radical (unpaired) electrons. The van der Waals surface area contributed by atoms with E-state index in [4.69, 9.17) is 4.74 Å². The van der Waals surface area contributed by atoms with Crippen LogP contribution in [0.4, 0.5) is 22.4 Å². The first kappa shape index (κ1) is 26.9. The van der Waals surface area contributed by atoms with Crippen molar-refractivity contribution in [1.82, 2.24) is 20.0 Å². The number of aromatic nitrogens is 2. The molecular formula is C27H34F4N4O3. The summed E-state index contributed by atoms with van der Waals surface area (Å²) in [4.78, 5) is 17.1. The Kier molecular flexibility index (Phi) is 7.41. The third-order valence-electron chi connectivity index (χ3n) is 8.15. The van der Waals surface area contributed by atoms with E-state index in [1.165, 1.54) is 31.4 Å². The quantitative estimate of drug-likeness (QED) is 0.437. The van der Waals surface area contributed by atoms with Crippen LogP contribution in [0.1, 0.15) is 57.4 Å². The summed E-state index contributed by atoms with van der Waals surface area (Å²) in [6.07, 6.45) is 0.980. The van der Waals surface area contributed by atoms with Gasteiger partial charge >= 0.3 is 18.1 Å². The van der Waals surface area contributed by atoms with Gasteiger partial charge in [0, 0.05) is 30.8 Å². The van der Waals surface area contributed by atoms with Crippen molar-refractivity contribution in [3.05, 3.63) is 35.5 Å². The molecule has 0 spiro atoms. The first-order chi connectivity index (χ1) is 18.0. The number of carbonyl (C=O) groups excluding carboxylic acids is 1. The number of halogens is 4. The molecule has 2 atom stereocenters. The number of fused-ring (bicyclic) bond motifs is 2. The Morgan fingerprint density at radius 1 is 1.13 bits per heavy atom. The number of rotatable bonds is 5. The molecule has 3 aliphatic rings. The average molecular weight is 539 g/mol. The minimum absolute atomic E-state index is 0.0430. The normalized spacial score (nSPS) is 27.8. The molecule has 2 aliphatic carbocycles. The third-order valence-corrected chi connectivity index (χ3v) is 8.15. The lowest BCUT2D eigenvalue weighted by Crippen LogP contribution is -2.52. The highest BCUT2D eigenvalue weighted by Crippen LogP contribution is 2.50. The van der Waals surface area contributed by atoms with Crippen molar-refractivity contribution in [3.63, 3.8) is 0 Å². The zero-order valence-electron chi connectivity index (χ0n) is 21.8. The molecule has 2 aromatic rings. The van der Waals surface area contributed by atoms with Crippen LogP contribution >= 0.6 is 0 Å². The molecule has 2 bridgehead atoms. The van der Waals surface area contributed by atoms with Gasteiger partial charge in [-0.05, 0) is 67.4 Å². The second-order valence-corrected chi connectivity index (χ2v) is 11.7. The van der Waals surface area contributed by atoms with Gasteiger partial charge in [-0.2, -0.15) is 13.2 Å². The molecule has 2 heterocycles. The van der Waals surface area contributed by atoms with Crippen molar-refractivity contribution < 1.29 is 31.5 Å². The fourth-order valence-electron chi connectivity index (χ4n) is 6.91. The third kappa shape index (κ3) is 5.97. The van der Waals surface area contributed by atoms with Gasteiger partial charge in [-0.3, -0.25) is 0 Å². The van der Waals surface area contributed by atoms with Crippen molar-refractivity contribution in [3.8, 4) is 11.5 Å². The molecule has 3 fully saturated rings. The Hall–Kier alpha value is -2.69. The molecule has 2 unspecified atom stereocenters. The van der Waals surface area contributed by atoms with Gasteiger partial charge in [0.05, 0.1) is 19.8 Å². The predicted octanol–water partition coefficient (Wildman–Crippen LogP) is 6.00. The summed E-state index contributed by atoms with van der Waals surface area (Å²) < 4.78 is 63.9. The van der Waals surface area contributed by atoms with E-state index in [9.17, 15) is 18.0 Å². The summed E-state index contributed by atoms with van der Waals surface area (Å²) in [5.41, 5.74) is 0.254. The van der Waals surface area contributed by atoms with Crippen molar-refractivity contribution in [2.45, 2.75) is 58.7 Å². The van der Waals surface area contributed by atoms with Crippen LogP contribution in [-0.2, 0) is 17.5 Å². The van der Waals surface area contributed by atoms with Gasteiger partial charge in [0.2, 0.25) is 5.89 Å². The van der Waals surface area contributed by atoms with Crippen LogP contribution in [0.5, 0.6) is 0 Å². The molecule has 7 nitrogen and oxygen atoms in total. The van der Waals surface area contributed by atoms with E-state index in [2.05, 4.69) is 28.5 Å². The highest BCUT2D eigenvalue weighted by molar-refractivity contribution is 5.74. The van der Waals surface area contributed by atoms with Gasteiger partial charge in [-0.15, -0.1) is 10.2 Å². The standard InChI is InChI=1S/C27H34F4N4O3/c1-17-9-18-11-19(10-17)14-26(2,13-18)16-35(25(36)34-5-7-37-8-6-34)15-21-4-3-20(12-22(21)28)23-32-33-24(38-23)27(29,30)31/h3-4,12,17-19H,5-11,13-16H2,1-2H3. The van der Waals surface area contributed by atoms with E-state index in [1.54, 1.807) is 9.80 Å². The van der Waals surface area contributed by atoms with Gasteiger partial charge in [0.15, 0.2) is 0 Å². The number of urea groups is 1. The topological polar surface area (TPSA) is 71.7 Å². The van der Waals surface area contributed by atoms with Crippen molar-refractivity contribution >= 4 is 6.03 Å². The molecule has 1 aromatic heterocycles. The highest BCUT2D eigenvalue weighted by atomic mass is 19.4. The number of carbonyl (C=O) groups is 1. The zero-order chi connectivity index (χ0) is 27.1. The lowest BCUT2D eigenvalue weighted by atomic mass is 9.59. The second-order valence-electron chi connectivity index (χ2n) is 11.7. The van der Waals surface area contributed by atoms with Crippen LogP contribution < -0.4 is 0 Å². The van der Waals surface area contributed by atoms with Gasteiger partial charge in [-0.1, -0.05) is 19.9 Å². The number of ether oxygens (including phenoxy) is 1. The lowest BCUT2D eigenvalue weighted by molar-refractivity contribution is -0.156. The summed E-state index contributed by atoms with van der Waals surface area (Å²) >= 11 is 0. The summed E-state index contributed by atoms with van der Waals surface area (Å²) in [7, 11) is 0. The van der Waals surface area contributed by atoms with Crippen molar-refractivity contribution in [2.24, 2.45) is 23.2 Å². The second kappa shape index (κ2) is 10.5. The SMILES string of the molecule is CC1CC2CC(C1)CC(C)(CN(Cc1ccc(-c3nnc(C(F)(F)F)o3)cc1F)C(=O)N1CCOCC1)C2. The Morgan fingerprint density at radius 2 is 1.82 bits per heavy atom. The molecule has 1 aromatic carbocycles. The Morgan fingerprint density at radius 3 is 2.42 bits per heavy atom. The van der Waals surface area contributed by atoms with Crippen LogP contribution in [0, 0.1) is 29.0 Å². The molecule has 5 rings (SSSR count). The minimum atomic E-state index is -4.78. The molecule has 1 aliphatic heterocycles. The fourth-order valence-corrected chi connectivity index (χ4v) is 6.91. The van der Waals surface area contributed by atoms with Crippen LogP contribution in [0.3, 0.4) is 0 Å². The molecule has 1 saturated heterocycles. The number of morpholine rings is 1. The van der Waals surface area contributed by atoms with Crippen LogP contribution in [-0.4, -0.2) is 58.9 Å².